The molecule has 2 aromatic rings. The van der Waals surface area contributed by atoms with Gasteiger partial charge in [0.25, 0.3) is 0 Å². The third-order valence-corrected chi connectivity index (χ3v) is 5.58. The summed E-state index contributed by atoms with van der Waals surface area (Å²) in [5.74, 6) is -0.860. The van der Waals surface area contributed by atoms with Crippen LogP contribution in [0.15, 0.2) is 65.2 Å². The quantitative estimate of drug-likeness (QED) is 0.437. The molecule has 1 atom stereocenters. The van der Waals surface area contributed by atoms with E-state index in [1.54, 1.807) is 19.1 Å². The predicted molar refractivity (Wildman–Crippen MR) is 109 cm³/mol. The van der Waals surface area contributed by atoms with Crippen molar-refractivity contribution in [1.29, 1.82) is 5.26 Å². The van der Waals surface area contributed by atoms with Gasteiger partial charge in [0.2, 0.25) is 5.91 Å². The lowest BCUT2D eigenvalue weighted by Crippen LogP contribution is -2.30. The lowest BCUT2D eigenvalue weighted by Gasteiger charge is -2.18. The van der Waals surface area contributed by atoms with Crippen LogP contribution in [0.2, 0.25) is 0 Å². The maximum atomic E-state index is 13.2. The molecular weight excluding hydrogens is 372 g/mol. The van der Waals surface area contributed by atoms with Gasteiger partial charge in [0.05, 0.1) is 11.9 Å². The predicted octanol–water partition coefficient (Wildman–Crippen LogP) is 3.98. The summed E-state index contributed by atoms with van der Waals surface area (Å²) in [6, 6.07) is 19.0. The maximum absolute atomic E-state index is 13.2. The Hall–Kier alpha value is -3.04. The van der Waals surface area contributed by atoms with Crippen molar-refractivity contribution in [3.8, 4) is 6.07 Å². The summed E-state index contributed by atoms with van der Waals surface area (Å²) in [7, 11) is 0. The number of hydrogen-bond acceptors (Lipinski definition) is 5. The molecule has 1 aliphatic heterocycles. The molecule has 1 amide bonds. The summed E-state index contributed by atoms with van der Waals surface area (Å²) in [5, 5.41) is 9.49. The second-order valence-electron chi connectivity index (χ2n) is 6.32. The van der Waals surface area contributed by atoms with Crippen LogP contribution < -0.4 is 4.90 Å². The maximum Gasteiger partial charge on any atom is 0.351 e. The number of rotatable bonds is 5. The number of carbonyl (C=O) groups excluding carboxylic acids is 2. The molecule has 1 aliphatic rings. The molecule has 3 rings (SSSR count). The average Bonchev–Trinajstić information content (AvgIpc) is 3.01. The third kappa shape index (κ3) is 4.10. The van der Waals surface area contributed by atoms with E-state index < -0.39 is 11.2 Å². The van der Waals surface area contributed by atoms with Crippen LogP contribution in [-0.4, -0.2) is 23.7 Å². The van der Waals surface area contributed by atoms with Gasteiger partial charge in [0, 0.05) is 5.69 Å². The second-order valence-corrected chi connectivity index (χ2v) is 7.51. The zero-order valence-corrected chi connectivity index (χ0v) is 16.5. The van der Waals surface area contributed by atoms with Crippen LogP contribution >= 0.6 is 11.8 Å². The molecule has 0 spiro atoms. The first-order chi connectivity index (χ1) is 13.5. The summed E-state index contributed by atoms with van der Waals surface area (Å²) in [6.07, 6.45) is 0.512. The number of esters is 1. The van der Waals surface area contributed by atoms with Crippen molar-refractivity contribution in [2.45, 2.75) is 25.5 Å². The Bertz CT molecular complexity index is 946. The van der Waals surface area contributed by atoms with Crippen molar-refractivity contribution in [1.82, 2.24) is 0 Å². The van der Waals surface area contributed by atoms with Crippen molar-refractivity contribution >= 4 is 29.3 Å². The molecule has 0 aromatic heterocycles. The van der Waals surface area contributed by atoms with Gasteiger partial charge in [-0.3, -0.25) is 9.69 Å². The first-order valence-electron chi connectivity index (χ1n) is 8.97. The highest BCUT2D eigenvalue weighted by Crippen LogP contribution is 2.41. The fourth-order valence-corrected chi connectivity index (χ4v) is 4.22. The Labute approximate surface area is 168 Å². The number of thioether (sulfide) groups is 1. The molecule has 0 saturated carbocycles. The number of ether oxygens (including phenoxy) is 1. The first-order valence-corrected chi connectivity index (χ1v) is 9.85. The minimum atomic E-state index is -0.711. The zero-order chi connectivity index (χ0) is 20.1. The van der Waals surface area contributed by atoms with Crippen LogP contribution in [0.5, 0.6) is 0 Å². The molecule has 28 heavy (non-hydrogen) atoms. The van der Waals surface area contributed by atoms with E-state index in [9.17, 15) is 14.9 Å². The number of carbonyl (C=O) groups is 2. The Morgan fingerprint density at radius 1 is 1.18 bits per heavy atom. The molecule has 2 aromatic carbocycles. The van der Waals surface area contributed by atoms with Crippen molar-refractivity contribution in [2.24, 2.45) is 0 Å². The zero-order valence-electron chi connectivity index (χ0n) is 15.7. The number of para-hydroxylation sites is 1. The lowest BCUT2D eigenvalue weighted by atomic mass is 10.1. The summed E-state index contributed by atoms with van der Waals surface area (Å²) in [5.41, 5.74) is 2.66. The number of amides is 1. The second kappa shape index (κ2) is 8.77. The molecule has 142 valence electrons. The minimum Gasteiger partial charge on any atom is -0.462 e. The molecule has 0 aliphatic carbocycles. The SMILES string of the molecule is CCOC(=O)/C(C#N)=C1/S[C@@H](Cc2ccc(C)cc2)C(=O)N1c1ccccc1. The van der Waals surface area contributed by atoms with E-state index >= 15 is 0 Å². The van der Waals surface area contributed by atoms with Crippen LogP contribution in [0.4, 0.5) is 5.69 Å². The molecule has 6 heteroatoms. The average molecular weight is 392 g/mol. The smallest absolute Gasteiger partial charge is 0.351 e. The summed E-state index contributed by atoms with van der Waals surface area (Å²) < 4.78 is 5.02. The van der Waals surface area contributed by atoms with Crippen molar-refractivity contribution in [2.75, 3.05) is 11.5 Å². The van der Waals surface area contributed by atoms with Crippen LogP contribution in [0, 0.1) is 18.3 Å². The van der Waals surface area contributed by atoms with Gasteiger partial charge in [0.15, 0.2) is 5.57 Å². The first kappa shape index (κ1) is 19.7. The van der Waals surface area contributed by atoms with Gasteiger partial charge in [-0.05, 0) is 38.0 Å². The highest BCUT2D eigenvalue weighted by molar-refractivity contribution is 8.05. The standard InChI is InChI=1S/C22H20N2O3S/c1-3-27-22(26)18(14-23)21-24(17-7-5-4-6-8-17)20(25)19(28-21)13-16-11-9-15(2)10-12-16/h4-12,19H,3,13H2,1-2H3/b21-18+/t19-/m0/s1. The Morgan fingerprint density at radius 2 is 1.86 bits per heavy atom. The summed E-state index contributed by atoms with van der Waals surface area (Å²) in [6.45, 7) is 3.85. The van der Waals surface area contributed by atoms with E-state index in [1.807, 2.05) is 55.5 Å². The van der Waals surface area contributed by atoms with Gasteiger partial charge in [-0.15, -0.1) is 0 Å². The number of hydrogen-bond donors (Lipinski definition) is 0. The van der Waals surface area contributed by atoms with Crippen molar-refractivity contribution < 1.29 is 14.3 Å². The third-order valence-electron chi connectivity index (χ3n) is 4.31. The highest BCUT2D eigenvalue weighted by atomic mass is 32.2. The largest absolute Gasteiger partial charge is 0.462 e. The topological polar surface area (TPSA) is 70.4 Å². The van der Waals surface area contributed by atoms with E-state index in [2.05, 4.69) is 0 Å². The number of nitrogens with zero attached hydrogens (tertiary/aromatic N) is 2. The van der Waals surface area contributed by atoms with Gasteiger partial charge in [-0.25, -0.2) is 4.79 Å². The van der Waals surface area contributed by atoms with Gasteiger partial charge in [-0.1, -0.05) is 59.8 Å². The molecule has 1 saturated heterocycles. The van der Waals surface area contributed by atoms with Crippen molar-refractivity contribution in [3.63, 3.8) is 0 Å². The molecular formula is C22H20N2O3S. The van der Waals surface area contributed by atoms with E-state index in [0.717, 1.165) is 11.1 Å². The van der Waals surface area contributed by atoms with Crippen LogP contribution in [0.25, 0.3) is 0 Å². The van der Waals surface area contributed by atoms with E-state index in [4.69, 9.17) is 4.74 Å². The molecule has 0 N–H and O–H groups in total. The van der Waals surface area contributed by atoms with Gasteiger partial charge >= 0.3 is 5.97 Å². The number of anilines is 1. The Kier molecular flexibility index (Phi) is 6.17. The normalized spacial score (nSPS) is 18.0. The van der Waals surface area contributed by atoms with E-state index in [0.29, 0.717) is 17.1 Å². The molecule has 0 bridgehead atoms. The fraction of sp³-hybridized carbons (Fsp3) is 0.227. The Morgan fingerprint density at radius 3 is 2.46 bits per heavy atom. The molecule has 0 unspecified atom stereocenters. The van der Waals surface area contributed by atoms with Gasteiger partial charge in [-0.2, -0.15) is 5.26 Å². The van der Waals surface area contributed by atoms with E-state index in [-0.39, 0.29) is 18.1 Å². The summed E-state index contributed by atoms with van der Waals surface area (Å²) in [4.78, 5) is 26.9. The number of nitriles is 1. The van der Waals surface area contributed by atoms with E-state index in [1.165, 1.54) is 16.7 Å². The molecule has 1 fully saturated rings. The number of benzene rings is 2. The Balaban J connectivity index is 2.01. The lowest BCUT2D eigenvalue weighted by molar-refractivity contribution is -0.138. The minimum absolute atomic E-state index is 0.143. The number of aryl methyl sites for hydroxylation is 1. The van der Waals surface area contributed by atoms with Crippen molar-refractivity contribution in [3.05, 3.63) is 76.3 Å². The highest BCUT2D eigenvalue weighted by Gasteiger charge is 2.41. The van der Waals surface area contributed by atoms with Crippen LogP contribution in [-0.2, 0) is 20.7 Å². The molecule has 1 heterocycles. The fourth-order valence-electron chi connectivity index (χ4n) is 2.93. The molecule has 5 nitrogen and oxygen atoms in total. The molecule has 0 radical (unpaired) electrons. The van der Waals surface area contributed by atoms with Crippen LogP contribution in [0.3, 0.4) is 0 Å². The van der Waals surface area contributed by atoms with Gasteiger partial charge in [0.1, 0.15) is 11.1 Å². The monoisotopic (exact) mass is 392 g/mol. The van der Waals surface area contributed by atoms with Crippen LogP contribution in [0.1, 0.15) is 18.1 Å². The van der Waals surface area contributed by atoms with Gasteiger partial charge < -0.3 is 4.74 Å². The summed E-state index contributed by atoms with van der Waals surface area (Å²) >= 11 is 1.24.